The predicted octanol–water partition coefficient (Wildman–Crippen LogP) is 2.93. The highest BCUT2D eigenvalue weighted by Crippen LogP contribution is 2.16. The van der Waals surface area contributed by atoms with Crippen LogP contribution in [-0.2, 0) is 6.54 Å². The number of urea groups is 1. The number of hydrogen-bond donors (Lipinski definition) is 2. The molecule has 2 N–H and O–H groups in total. The molecule has 1 aliphatic carbocycles. The minimum atomic E-state index is -0.0205. The van der Waals surface area contributed by atoms with Gasteiger partial charge in [0.15, 0.2) is 0 Å². The Hall–Kier alpha value is -1.52. The predicted molar refractivity (Wildman–Crippen MR) is 84.0 cm³/mol. The zero-order chi connectivity index (χ0) is 14.9. The van der Waals surface area contributed by atoms with Crippen molar-refractivity contribution in [3.8, 4) is 0 Å². The van der Waals surface area contributed by atoms with Gasteiger partial charge in [-0.05, 0) is 24.8 Å². The lowest BCUT2D eigenvalue weighted by molar-refractivity contribution is 0.231. The average molecular weight is 292 g/mol. The van der Waals surface area contributed by atoms with Crippen molar-refractivity contribution >= 4 is 6.03 Å². The van der Waals surface area contributed by atoms with E-state index in [-0.39, 0.29) is 6.03 Å². The van der Waals surface area contributed by atoms with Crippen molar-refractivity contribution in [3.63, 3.8) is 0 Å². The summed E-state index contributed by atoms with van der Waals surface area (Å²) in [5.41, 5.74) is 0. The van der Waals surface area contributed by atoms with E-state index in [1.165, 1.54) is 32.1 Å². The molecule has 0 radical (unpaired) electrons. The van der Waals surface area contributed by atoms with Crippen molar-refractivity contribution in [1.82, 2.24) is 20.4 Å². The van der Waals surface area contributed by atoms with Gasteiger partial charge in [0.1, 0.15) is 0 Å². The summed E-state index contributed by atoms with van der Waals surface area (Å²) in [6.45, 7) is 3.63. The molecule has 1 aromatic heterocycles. The molecule has 5 heteroatoms. The van der Waals surface area contributed by atoms with Gasteiger partial charge in [-0.2, -0.15) is 5.10 Å². The largest absolute Gasteiger partial charge is 0.338 e. The number of nitrogens with one attached hydrogen (secondary N) is 2. The third-order valence-corrected chi connectivity index (χ3v) is 4.11. The summed E-state index contributed by atoms with van der Waals surface area (Å²) in [6.07, 6.45) is 12.4. The maximum Gasteiger partial charge on any atom is 0.315 e. The highest BCUT2D eigenvalue weighted by molar-refractivity contribution is 5.74. The van der Waals surface area contributed by atoms with Crippen LogP contribution in [0, 0.1) is 5.92 Å². The van der Waals surface area contributed by atoms with Crippen LogP contribution in [0.5, 0.6) is 0 Å². The average Bonchev–Trinajstić information content (AvgIpc) is 2.92. The lowest BCUT2D eigenvalue weighted by Gasteiger charge is -2.22. The van der Waals surface area contributed by atoms with Crippen LogP contribution < -0.4 is 10.6 Å². The fraction of sp³-hybridized carbons (Fsp3) is 0.750. The van der Waals surface area contributed by atoms with E-state index in [0.29, 0.717) is 18.5 Å². The SMILES string of the molecule is CC(CNC(=O)NC1CCCCCCC1)Cn1cccn1. The van der Waals surface area contributed by atoms with Crippen molar-refractivity contribution in [3.05, 3.63) is 18.5 Å². The normalized spacial score (nSPS) is 18.5. The zero-order valence-corrected chi connectivity index (χ0v) is 13.1. The van der Waals surface area contributed by atoms with E-state index in [9.17, 15) is 4.79 Å². The summed E-state index contributed by atoms with van der Waals surface area (Å²) < 4.78 is 1.90. The van der Waals surface area contributed by atoms with Gasteiger partial charge >= 0.3 is 6.03 Å². The van der Waals surface area contributed by atoms with E-state index in [1.54, 1.807) is 6.20 Å². The molecule has 1 unspecified atom stereocenters. The lowest BCUT2D eigenvalue weighted by Crippen LogP contribution is -2.44. The van der Waals surface area contributed by atoms with Crippen LogP contribution in [0.15, 0.2) is 18.5 Å². The highest BCUT2D eigenvalue weighted by atomic mass is 16.2. The van der Waals surface area contributed by atoms with Gasteiger partial charge in [-0.15, -0.1) is 0 Å². The van der Waals surface area contributed by atoms with Crippen LogP contribution >= 0.6 is 0 Å². The molecule has 118 valence electrons. The molecular weight excluding hydrogens is 264 g/mol. The van der Waals surface area contributed by atoms with Gasteiger partial charge in [-0.1, -0.05) is 39.0 Å². The zero-order valence-electron chi connectivity index (χ0n) is 13.1. The van der Waals surface area contributed by atoms with E-state index in [2.05, 4.69) is 22.7 Å². The van der Waals surface area contributed by atoms with E-state index >= 15 is 0 Å². The second kappa shape index (κ2) is 8.70. The second-order valence-corrected chi connectivity index (χ2v) is 6.23. The highest BCUT2D eigenvalue weighted by Gasteiger charge is 2.14. The number of hydrogen-bond acceptors (Lipinski definition) is 2. The Morgan fingerprint density at radius 3 is 2.67 bits per heavy atom. The summed E-state index contributed by atoms with van der Waals surface area (Å²) in [5, 5.41) is 10.3. The number of aromatic nitrogens is 2. The minimum Gasteiger partial charge on any atom is -0.338 e. The van der Waals surface area contributed by atoms with Gasteiger partial charge < -0.3 is 10.6 Å². The first-order chi connectivity index (χ1) is 10.2. The van der Waals surface area contributed by atoms with Crippen molar-refractivity contribution in [2.24, 2.45) is 5.92 Å². The smallest absolute Gasteiger partial charge is 0.315 e. The van der Waals surface area contributed by atoms with E-state index in [1.807, 2.05) is 16.9 Å². The molecule has 1 heterocycles. The third kappa shape index (κ3) is 6.19. The van der Waals surface area contributed by atoms with E-state index < -0.39 is 0 Å². The molecule has 1 aromatic rings. The van der Waals surface area contributed by atoms with Crippen LogP contribution in [0.25, 0.3) is 0 Å². The Labute approximate surface area is 127 Å². The standard InChI is InChI=1S/C16H28N4O/c1-14(13-20-11-7-10-18-20)12-17-16(21)19-15-8-5-3-2-4-6-9-15/h7,10-11,14-15H,2-6,8-9,12-13H2,1H3,(H2,17,19,21). The van der Waals surface area contributed by atoms with Crippen molar-refractivity contribution < 1.29 is 4.79 Å². The molecule has 0 spiro atoms. The molecule has 2 amide bonds. The van der Waals surface area contributed by atoms with Gasteiger partial charge in [0, 0.05) is 31.5 Å². The molecule has 2 rings (SSSR count). The molecular formula is C16H28N4O. The van der Waals surface area contributed by atoms with Crippen molar-refractivity contribution in [2.45, 2.75) is 64.5 Å². The number of rotatable bonds is 5. The quantitative estimate of drug-likeness (QED) is 0.876. The summed E-state index contributed by atoms with van der Waals surface area (Å²) in [7, 11) is 0. The molecule has 1 saturated carbocycles. The fourth-order valence-corrected chi connectivity index (χ4v) is 2.90. The Balaban J connectivity index is 1.64. The van der Waals surface area contributed by atoms with E-state index in [0.717, 1.165) is 19.4 Å². The van der Waals surface area contributed by atoms with Crippen LogP contribution in [0.4, 0.5) is 4.79 Å². The second-order valence-electron chi connectivity index (χ2n) is 6.23. The Kier molecular flexibility index (Phi) is 6.57. The van der Waals surface area contributed by atoms with Crippen LogP contribution in [-0.4, -0.2) is 28.4 Å². The number of nitrogens with zero attached hydrogens (tertiary/aromatic N) is 2. The van der Waals surface area contributed by atoms with E-state index in [4.69, 9.17) is 0 Å². The maximum atomic E-state index is 12.0. The van der Waals surface area contributed by atoms with Crippen molar-refractivity contribution in [1.29, 1.82) is 0 Å². The molecule has 1 aliphatic rings. The first-order valence-corrected chi connectivity index (χ1v) is 8.26. The van der Waals surface area contributed by atoms with Crippen LogP contribution in [0.3, 0.4) is 0 Å². The Morgan fingerprint density at radius 2 is 2.00 bits per heavy atom. The third-order valence-electron chi connectivity index (χ3n) is 4.11. The molecule has 21 heavy (non-hydrogen) atoms. The molecule has 1 fully saturated rings. The topological polar surface area (TPSA) is 59.0 Å². The summed E-state index contributed by atoms with van der Waals surface area (Å²) in [5.74, 6) is 0.369. The monoisotopic (exact) mass is 292 g/mol. The van der Waals surface area contributed by atoms with Crippen molar-refractivity contribution in [2.75, 3.05) is 6.54 Å². The summed E-state index contributed by atoms with van der Waals surface area (Å²) in [6, 6.07) is 2.25. The molecule has 1 atom stereocenters. The molecule has 0 aliphatic heterocycles. The fourth-order valence-electron chi connectivity index (χ4n) is 2.90. The molecule has 0 aromatic carbocycles. The Bertz CT molecular complexity index is 396. The summed E-state index contributed by atoms with van der Waals surface area (Å²) in [4.78, 5) is 12.0. The minimum absolute atomic E-state index is 0.0205. The Morgan fingerprint density at radius 1 is 1.29 bits per heavy atom. The van der Waals surface area contributed by atoms with Gasteiger partial charge in [0.25, 0.3) is 0 Å². The molecule has 0 saturated heterocycles. The van der Waals surface area contributed by atoms with Gasteiger partial charge in [0.05, 0.1) is 0 Å². The number of amides is 2. The lowest BCUT2D eigenvalue weighted by atomic mass is 9.97. The molecule has 5 nitrogen and oxygen atoms in total. The molecule has 0 bridgehead atoms. The van der Waals surface area contributed by atoms with Gasteiger partial charge in [-0.3, -0.25) is 4.68 Å². The number of carbonyl (C=O) groups excluding carboxylic acids is 1. The first kappa shape index (κ1) is 15.9. The van der Waals surface area contributed by atoms with Gasteiger partial charge in [0.2, 0.25) is 0 Å². The summed E-state index contributed by atoms with van der Waals surface area (Å²) >= 11 is 0. The van der Waals surface area contributed by atoms with Gasteiger partial charge in [-0.25, -0.2) is 4.79 Å². The van der Waals surface area contributed by atoms with Crippen LogP contribution in [0.1, 0.15) is 51.9 Å². The first-order valence-electron chi connectivity index (χ1n) is 8.26. The number of carbonyl (C=O) groups is 1. The maximum absolute atomic E-state index is 12.0. The van der Waals surface area contributed by atoms with Crippen LogP contribution in [0.2, 0.25) is 0 Å².